The van der Waals surface area contributed by atoms with Crippen LogP contribution in [0.25, 0.3) is 22.3 Å². The zero-order chi connectivity index (χ0) is 29.4. The number of ether oxygens (including phenoxy) is 3. The van der Waals surface area contributed by atoms with Crippen molar-refractivity contribution in [2.75, 3.05) is 6.61 Å². The van der Waals surface area contributed by atoms with E-state index in [1.54, 1.807) is 0 Å². The molecule has 0 radical (unpaired) electrons. The van der Waals surface area contributed by atoms with E-state index in [1.165, 1.54) is 42.5 Å². The molecule has 0 saturated carbocycles. The van der Waals surface area contributed by atoms with E-state index in [9.17, 15) is 45.3 Å². The first kappa shape index (κ1) is 27.7. The highest BCUT2D eigenvalue weighted by Crippen LogP contribution is 2.33. The minimum atomic E-state index is -1.79. The van der Waals surface area contributed by atoms with Gasteiger partial charge in [0.25, 0.3) is 0 Å². The Morgan fingerprint density at radius 3 is 2.24 bits per heavy atom. The number of aliphatic hydroxyl groups is 3. The van der Waals surface area contributed by atoms with Gasteiger partial charge in [-0.3, -0.25) is 4.79 Å². The Hall–Kier alpha value is -4.82. The molecular formula is C28H24O13. The van der Waals surface area contributed by atoms with E-state index in [2.05, 4.69) is 0 Å². The van der Waals surface area contributed by atoms with Crippen LogP contribution >= 0.6 is 0 Å². The molecule has 0 unspecified atom stereocenters. The van der Waals surface area contributed by atoms with Gasteiger partial charge in [-0.25, -0.2) is 4.79 Å². The van der Waals surface area contributed by atoms with Crippen LogP contribution in [-0.4, -0.2) is 79.0 Å². The molecule has 0 amide bonds. The number of aromatic hydroxyl groups is 4. The highest BCUT2D eigenvalue weighted by atomic mass is 16.7. The van der Waals surface area contributed by atoms with E-state index in [0.29, 0.717) is 5.56 Å². The van der Waals surface area contributed by atoms with Gasteiger partial charge in [0.15, 0.2) is 16.9 Å². The second kappa shape index (κ2) is 11.0. The van der Waals surface area contributed by atoms with Crippen molar-refractivity contribution in [2.24, 2.45) is 0 Å². The number of hydrogen-bond acceptors (Lipinski definition) is 13. The topological polar surface area (TPSA) is 217 Å². The lowest BCUT2D eigenvalue weighted by molar-refractivity contribution is -0.277. The van der Waals surface area contributed by atoms with Crippen LogP contribution in [0.15, 0.2) is 69.9 Å². The molecule has 1 aliphatic rings. The summed E-state index contributed by atoms with van der Waals surface area (Å²) in [4.78, 5) is 25.0. The Balaban J connectivity index is 1.36. The van der Waals surface area contributed by atoms with Gasteiger partial charge in [-0.2, -0.15) is 0 Å². The van der Waals surface area contributed by atoms with Crippen molar-refractivity contribution in [3.05, 3.63) is 76.5 Å². The summed E-state index contributed by atoms with van der Waals surface area (Å²) in [6, 6.07) is 12.6. The molecule has 7 N–H and O–H groups in total. The summed E-state index contributed by atoms with van der Waals surface area (Å²) in [5.41, 5.74) is -0.284. The molecule has 5 atom stereocenters. The summed E-state index contributed by atoms with van der Waals surface area (Å²) in [7, 11) is 0. The van der Waals surface area contributed by atoms with Crippen molar-refractivity contribution in [1.29, 1.82) is 0 Å². The first-order valence-corrected chi connectivity index (χ1v) is 12.2. The number of benzene rings is 3. The molecule has 13 heteroatoms. The maximum absolute atomic E-state index is 12.7. The summed E-state index contributed by atoms with van der Waals surface area (Å²) in [6.07, 6.45) is -8.26. The molecule has 41 heavy (non-hydrogen) atoms. The number of phenolic OH excluding ortho intramolecular Hbond substituents is 4. The van der Waals surface area contributed by atoms with Gasteiger partial charge < -0.3 is 54.4 Å². The van der Waals surface area contributed by atoms with Crippen LogP contribution in [0.2, 0.25) is 0 Å². The molecule has 1 saturated heterocycles. The minimum absolute atomic E-state index is 0.0104. The van der Waals surface area contributed by atoms with Gasteiger partial charge in [0.1, 0.15) is 65.0 Å². The normalized spacial score (nSPS) is 22.4. The van der Waals surface area contributed by atoms with Crippen molar-refractivity contribution >= 4 is 16.9 Å². The zero-order valence-electron chi connectivity index (χ0n) is 20.9. The summed E-state index contributed by atoms with van der Waals surface area (Å²) < 4.78 is 22.1. The lowest BCUT2D eigenvalue weighted by Crippen LogP contribution is -2.60. The average molecular weight is 568 g/mol. The van der Waals surface area contributed by atoms with Gasteiger partial charge in [0.05, 0.1) is 5.56 Å². The monoisotopic (exact) mass is 568 g/mol. The van der Waals surface area contributed by atoms with E-state index in [0.717, 1.165) is 18.2 Å². The molecule has 4 aromatic rings. The molecule has 1 aliphatic heterocycles. The highest BCUT2D eigenvalue weighted by Gasteiger charge is 2.45. The zero-order valence-corrected chi connectivity index (χ0v) is 20.9. The van der Waals surface area contributed by atoms with E-state index in [1.807, 2.05) is 0 Å². The van der Waals surface area contributed by atoms with Crippen molar-refractivity contribution in [1.82, 2.24) is 0 Å². The number of fused-ring (bicyclic) bond motifs is 1. The van der Waals surface area contributed by atoms with Crippen LogP contribution in [0.4, 0.5) is 0 Å². The fourth-order valence-corrected chi connectivity index (χ4v) is 4.26. The lowest BCUT2D eigenvalue weighted by Gasteiger charge is -2.39. The second-order valence-corrected chi connectivity index (χ2v) is 9.27. The molecule has 1 fully saturated rings. The Morgan fingerprint density at radius 1 is 0.805 bits per heavy atom. The van der Waals surface area contributed by atoms with E-state index in [-0.39, 0.29) is 33.8 Å². The summed E-state index contributed by atoms with van der Waals surface area (Å²) >= 11 is 0. The van der Waals surface area contributed by atoms with E-state index < -0.39 is 66.0 Å². The Labute approximate surface area is 230 Å². The maximum Gasteiger partial charge on any atom is 0.338 e. The van der Waals surface area contributed by atoms with Gasteiger partial charge >= 0.3 is 5.97 Å². The third-order valence-electron chi connectivity index (χ3n) is 6.45. The number of carbonyl (C=O) groups is 1. The number of carbonyl (C=O) groups excluding carboxylic acids is 1. The van der Waals surface area contributed by atoms with Gasteiger partial charge in [-0.1, -0.05) is 0 Å². The Bertz CT molecular complexity index is 1650. The van der Waals surface area contributed by atoms with Crippen LogP contribution in [0.3, 0.4) is 0 Å². The lowest BCUT2D eigenvalue weighted by atomic mass is 9.99. The van der Waals surface area contributed by atoms with Gasteiger partial charge in [-0.05, 0) is 42.5 Å². The second-order valence-electron chi connectivity index (χ2n) is 9.27. The molecule has 13 nitrogen and oxygen atoms in total. The quantitative estimate of drug-likeness (QED) is 0.129. The van der Waals surface area contributed by atoms with Crippen LogP contribution in [-0.2, 0) is 9.47 Å². The molecule has 0 spiro atoms. The van der Waals surface area contributed by atoms with E-state index in [4.69, 9.17) is 18.6 Å². The Morgan fingerprint density at radius 2 is 1.54 bits per heavy atom. The van der Waals surface area contributed by atoms with E-state index >= 15 is 0 Å². The number of hydrogen-bond donors (Lipinski definition) is 7. The number of esters is 1. The standard InChI is InChI=1S/C28H24O13/c29-14-4-1-12(2-5-14)20-10-19(33)23-18(32)8-15(9-21(23)40-20)39-28-26(36)25(35)24(34)22(41-28)11-38-27(37)13-3-6-16(30)17(31)7-13/h1-10,22,24-26,28-32,34-36H,11H2/t22-,24-,25+,26-,28-/m1/s1. The van der Waals surface area contributed by atoms with Crippen molar-refractivity contribution in [2.45, 2.75) is 30.7 Å². The summed E-state index contributed by atoms with van der Waals surface area (Å²) in [5.74, 6) is -2.42. The number of aliphatic hydroxyl groups excluding tert-OH is 3. The summed E-state index contributed by atoms with van der Waals surface area (Å²) in [5, 5.41) is 70.1. The van der Waals surface area contributed by atoms with Crippen molar-refractivity contribution in [3.8, 4) is 40.1 Å². The van der Waals surface area contributed by atoms with Crippen LogP contribution in [0.5, 0.6) is 28.7 Å². The van der Waals surface area contributed by atoms with Crippen molar-refractivity contribution < 1.29 is 59.2 Å². The molecule has 0 bridgehead atoms. The molecule has 1 aromatic heterocycles. The average Bonchev–Trinajstić information content (AvgIpc) is 2.94. The van der Waals surface area contributed by atoms with Crippen molar-refractivity contribution in [3.63, 3.8) is 0 Å². The highest BCUT2D eigenvalue weighted by molar-refractivity contribution is 5.90. The molecule has 5 rings (SSSR count). The summed E-state index contributed by atoms with van der Waals surface area (Å²) in [6.45, 7) is -0.598. The first-order valence-electron chi connectivity index (χ1n) is 12.2. The predicted octanol–water partition coefficient (Wildman–Crippen LogP) is 1.33. The fourth-order valence-electron chi connectivity index (χ4n) is 4.26. The molecule has 214 valence electrons. The van der Waals surface area contributed by atoms with Gasteiger partial charge in [0.2, 0.25) is 6.29 Å². The Kier molecular flexibility index (Phi) is 7.43. The molecular weight excluding hydrogens is 544 g/mol. The smallest absolute Gasteiger partial charge is 0.338 e. The maximum atomic E-state index is 12.7. The van der Waals surface area contributed by atoms with Gasteiger partial charge in [0, 0.05) is 23.8 Å². The SMILES string of the molecule is O=C(OC[C@H]1O[C@@H](Oc2cc(O)c3c(=O)cc(-c4ccc(O)cc4)oc3c2)[C@H](O)[C@@H](O)[C@@H]1O)c1ccc(O)c(O)c1. The molecule has 2 heterocycles. The molecule has 0 aliphatic carbocycles. The van der Waals surface area contributed by atoms with Crippen LogP contribution < -0.4 is 10.2 Å². The predicted molar refractivity (Wildman–Crippen MR) is 139 cm³/mol. The largest absolute Gasteiger partial charge is 0.508 e. The number of rotatable bonds is 6. The van der Waals surface area contributed by atoms with Crippen LogP contribution in [0, 0.1) is 0 Å². The van der Waals surface area contributed by atoms with Crippen LogP contribution in [0.1, 0.15) is 10.4 Å². The minimum Gasteiger partial charge on any atom is -0.508 e. The first-order chi connectivity index (χ1) is 19.5. The third kappa shape index (κ3) is 5.60. The third-order valence-corrected chi connectivity index (χ3v) is 6.45. The number of phenols is 4. The fraction of sp³-hybridized carbons (Fsp3) is 0.214. The van der Waals surface area contributed by atoms with Gasteiger partial charge in [-0.15, -0.1) is 0 Å². The molecule has 3 aromatic carbocycles.